The Morgan fingerprint density at radius 1 is 1.30 bits per heavy atom. The average molecular weight is 343 g/mol. The molecule has 2 heterocycles. The van der Waals surface area contributed by atoms with Gasteiger partial charge in [-0.3, -0.25) is 4.79 Å². The first kappa shape index (κ1) is 18.0. The molecule has 0 aromatic heterocycles. The van der Waals surface area contributed by atoms with Crippen LogP contribution < -0.4 is 15.4 Å². The number of hydrogen-bond donors (Lipinski definition) is 2. The van der Waals surface area contributed by atoms with E-state index in [1.54, 1.807) is 0 Å². The lowest BCUT2D eigenvalue weighted by Crippen LogP contribution is -2.53. The second-order valence-corrected chi connectivity index (χ2v) is 5.62. The van der Waals surface area contributed by atoms with Crippen LogP contribution in [-0.4, -0.2) is 50.5 Å². The van der Waals surface area contributed by atoms with Crippen molar-refractivity contribution in [1.29, 1.82) is 0 Å². The molecule has 3 rings (SSSR count). The van der Waals surface area contributed by atoms with Crippen LogP contribution in [0.3, 0.4) is 0 Å². The maximum absolute atomic E-state index is 12.2. The molecule has 1 aromatic rings. The van der Waals surface area contributed by atoms with Gasteiger partial charge in [0.25, 0.3) is 0 Å². The van der Waals surface area contributed by atoms with Gasteiger partial charge in [0, 0.05) is 18.7 Å². The zero-order valence-electron chi connectivity index (χ0n) is 13.1. The second kappa shape index (κ2) is 8.49. The molecule has 2 saturated heterocycles. The van der Waals surface area contributed by atoms with Crippen LogP contribution in [0.5, 0.6) is 5.75 Å². The van der Waals surface area contributed by atoms with E-state index in [0.717, 1.165) is 24.5 Å². The average Bonchev–Trinajstić information content (AvgIpc) is 3.02. The highest BCUT2D eigenvalue weighted by atomic mass is 35.5. The molecule has 23 heavy (non-hydrogen) atoms. The highest BCUT2D eigenvalue weighted by molar-refractivity contribution is 5.95. The Hall–Kier alpha value is -1.34. The molecule has 7 heteroatoms. The van der Waals surface area contributed by atoms with Crippen molar-refractivity contribution in [3.8, 4) is 5.75 Å². The number of amides is 1. The number of anilines is 1. The molecule has 0 saturated carbocycles. The summed E-state index contributed by atoms with van der Waals surface area (Å²) in [6, 6.07) is 7.10. The van der Waals surface area contributed by atoms with Crippen molar-refractivity contribution in [2.45, 2.75) is 31.6 Å². The summed E-state index contributed by atoms with van der Waals surface area (Å²) in [5, 5.41) is 6.07. The van der Waals surface area contributed by atoms with Crippen LogP contribution in [0.1, 0.15) is 13.3 Å². The molecule has 0 radical (unpaired) electrons. The van der Waals surface area contributed by atoms with Gasteiger partial charge in [-0.25, -0.2) is 0 Å². The Morgan fingerprint density at radius 2 is 2.09 bits per heavy atom. The van der Waals surface area contributed by atoms with Gasteiger partial charge in [0.2, 0.25) is 5.91 Å². The summed E-state index contributed by atoms with van der Waals surface area (Å²) in [5.41, 5.74) is 0.750. The lowest BCUT2D eigenvalue weighted by molar-refractivity contribution is -0.123. The Kier molecular flexibility index (Phi) is 6.65. The van der Waals surface area contributed by atoms with Crippen molar-refractivity contribution in [2.24, 2.45) is 0 Å². The van der Waals surface area contributed by atoms with Gasteiger partial charge in [0.15, 0.2) is 0 Å². The van der Waals surface area contributed by atoms with E-state index in [0.29, 0.717) is 19.8 Å². The Morgan fingerprint density at radius 3 is 2.74 bits per heavy atom. The first-order chi connectivity index (χ1) is 10.7. The fourth-order valence-electron chi connectivity index (χ4n) is 2.66. The molecule has 6 nitrogen and oxygen atoms in total. The van der Waals surface area contributed by atoms with E-state index in [1.807, 2.05) is 31.2 Å². The van der Waals surface area contributed by atoms with Gasteiger partial charge < -0.3 is 24.8 Å². The van der Waals surface area contributed by atoms with Gasteiger partial charge in [-0.15, -0.1) is 12.4 Å². The number of ether oxygens (including phenoxy) is 3. The molecule has 128 valence electrons. The van der Waals surface area contributed by atoms with Crippen LogP contribution in [0.25, 0.3) is 0 Å². The van der Waals surface area contributed by atoms with Crippen molar-refractivity contribution in [3.05, 3.63) is 24.3 Å². The first-order valence-electron chi connectivity index (χ1n) is 7.73. The Balaban J connectivity index is 0.00000192. The number of morpholine rings is 1. The quantitative estimate of drug-likeness (QED) is 0.869. The van der Waals surface area contributed by atoms with E-state index in [4.69, 9.17) is 14.2 Å². The second-order valence-electron chi connectivity index (χ2n) is 5.62. The Labute approximate surface area is 142 Å². The fourth-order valence-corrected chi connectivity index (χ4v) is 2.66. The third kappa shape index (κ3) is 4.81. The van der Waals surface area contributed by atoms with Crippen LogP contribution in [0.15, 0.2) is 24.3 Å². The van der Waals surface area contributed by atoms with Crippen LogP contribution in [-0.2, 0) is 14.3 Å². The largest absolute Gasteiger partial charge is 0.488 e. The molecule has 2 aliphatic heterocycles. The molecule has 3 atom stereocenters. The van der Waals surface area contributed by atoms with E-state index in [2.05, 4.69) is 10.6 Å². The molecular formula is C16H23ClN2O4. The van der Waals surface area contributed by atoms with E-state index < -0.39 is 0 Å². The highest BCUT2D eigenvalue weighted by Crippen LogP contribution is 2.20. The maximum Gasteiger partial charge on any atom is 0.244 e. The smallest absolute Gasteiger partial charge is 0.244 e. The van der Waals surface area contributed by atoms with Gasteiger partial charge in [0.05, 0.1) is 25.9 Å². The minimum absolute atomic E-state index is 0. The zero-order chi connectivity index (χ0) is 15.4. The third-order valence-corrected chi connectivity index (χ3v) is 3.91. The standard InChI is InChI=1S/C16H22N2O4.ClH/c1-11-15(17-7-9-21-11)16(19)18-12-2-4-13(5-3-12)22-14-6-8-20-10-14;/h2-5,11,14-15,17H,6-10H2,1H3,(H,18,19);1H/t11-,14?,15+;/m1./s1. The summed E-state index contributed by atoms with van der Waals surface area (Å²) in [5.74, 6) is 0.714. The van der Waals surface area contributed by atoms with E-state index in [1.165, 1.54) is 0 Å². The number of carbonyl (C=O) groups excluding carboxylic acids is 1. The van der Waals surface area contributed by atoms with E-state index in [9.17, 15) is 4.79 Å². The monoisotopic (exact) mass is 342 g/mol. The summed E-state index contributed by atoms with van der Waals surface area (Å²) in [6.07, 6.45) is 0.924. The SMILES string of the molecule is C[C@H]1OCCN[C@@H]1C(=O)Nc1ccc(OC2CCOC2)cc1.Cl. The van der Waals surface area contributed by atoms with Crippen molar-refractivity contribution in [2.75, 3.05) is 31.7 Å². The molecule has 1 unspecified atom stereocenters. The highest BCUT2D eigenvalue weighted by Gasteiger charge is 2.28. The van der Waals surface area contributed by atoms with Crippen molar-refractivity contribution in [1.82, 2.24) is 5.32 Å². The summed E-state index contributed by atoms with van der Waals surface area (Å²) >= 11 is 0. The molecule has 2 aliphatic rings. The van der Waals surface area contributed by atoms with Crippen LogP contribution >= 0.6 is 12.4 Å². The van der Waals surface area contributed by atoms with Gasteiger partial charge >= 0.3 is 0 Å². The number of benzene rings is 1. The van der Waals surface area contributed by atoms with Gasteiger partial charge in [-0.2, -0.15) is 0 Å². The number of halogens is 1. The minimum Gasteiger partial charge on any atom is -0.488 e. The normalized spacial score (nSPS) is 27.1. The number of nitrogens with one attached hydrogen (secondary N) is 2. The van der Waals surface area contributed by atoms with Gasteiger partial charge in [0.1, 0.15) is 17.9 Å². The summed E-state index contributed by atoms with van der Waals surface area (Å²) in [4.78, 5) is 12.2. The number of rotatable bonds is 4. The van der Waals surface area contributed by atoms with Gasteiger partial charge in [-0.05, 0) is 31.2 Å². The molecular weight excluding hydrogens is 320 g/mol. The van der Waals surface area contributed by atoms with Gasteiger partial charge in [-0.1, -0.05) is 0 Å². The molecule has 0 aliphatic carbocycles. The summed E-state index contributed by atoms with van der Waals surface area (Å²) < 4.78 is 16.6. The van der Waals surface area contributed by atoms with Crippen molar-refractivity contribution < 1.29 is 19.0 Å². The topological polar surface area (TPSA) is 68.8 Å². The molecule has 0 spiro atoms. The fraction of sp³-hybridized carbons (Fsp3) is 0.562. The summed E-state index contributed by atoms with van der Waals surface area (Å²) in [7, 11) is 0. The first-order valence-corrected chi connectivity index (χ1v) is 7.73. The number of hydrogen-bond acceptors (Lipinski definition) is 5. The third-order valence-electron chi connectivity index (χ3n) is 3.91. The Bertz CT molecular complexity index is 505. The lowest BCUT2D eigenvalue weighted by Gasteiger charge is -2.29. The molecule has 1 amide bonds. The van der Waals surface area contributed by atoms with Crippen LogP contribution in [0, 0.1) is 0 Å². The van der Waals surface area contributed by atoms with Crippen LogP contribution in [0.4, 0.5) is 5.69 Å². The van der Waals surface area contributed by atoms with Crippen molar-refractivity contribution in [3.63, 3.8) is 0 Å². The van der Waals surface area contributed by atoms with E-state index >= 15 is 0 Å². The maximum atomic E-state index is 12.2. The molecule has 2 N–H and O–H groups in total. The zero-order valence-corrected chi connectivity index (χ0v) is 13.9. The molecule has 0 bridgehead atoms. The lowest BCUT2D eigenvalue weighted by atomic mass is 10.1. The molecule has 1 aromatic carbocycles. The predicted octanol–water partition coefficient (Wildman–Crippen LogP) is 1.59. The van der Waals surface area contributed by atoms with E-state index in [-0.39, 0.29) is 36.6 Å². The summed E-state index contributed by atoms with van der Waals surface area (Å²) in [6.45, 7) is 4.63. The minimum atomic E-state index is -0.319. The number of carbonyl (C=O) groups is 1. The molecule has 2 fully saturated rings. The van der Waals surface area contributed by atoms with Crippen LogP contribution in [0.2, 0.25) is 0 Å². The predicted molar refractivity (Wildman–Crippen MR) is 89.4 cm³/mol. The van der Waals surface area contributed by atoms with Crippen molar-refractivity contribution >= 4 is 24.0 Å².